The first-order chi connectivity index (χ1) is 11.0. The normalized spacial score (nSPS) is 11.9. The third-order valence-electron chi connectivity index (χ3n) is 2.41. The number of rotatable bonds is 8. The van der Waals surface area contributed by atoms with Crippen LogP contribution in [0.4, 0.5) is 4.79 Å². The van der Waals surface area contributed by atoms with Gasteiger partial charge in [-0.2, -0.15) is 0 Å². The molecule has 0 bridgehead atoms. The Balaban J connectivity index is 2.45. The number of carbonyl (C=O) groups is 1. The van der Waals surface area contributed by atoms with E-state index in [1.807, 2.05) is 30.3 Å². The Kier molecular flexibility index (Phi) is 8.79. The first-order valence-electron chi connectivity index (χ1n) is 7.18. The Bertz CT molecular complexity index is 558. The summed E-state index contributed by atoms with van der Waals surface area (Å²) in [6, 6.07) is 9.05. The van der Waals surface area contributed by atoms with E-state index in [1.165, 1.54) is 0 Å². The molecule has 9 heteroatoms. The quantitative estimate of drug-likeness (QED) is 0.323. The predicted molar refractivity (Wildman–Crippen MR) is 93.5 cm³/mol. The van der Waals surface area contributed by atoms with Crippen molar-refractivity contribution in [1.82, 2.24) is 10.4 Å². The molecular weight excluding hydrogens is 337 g/mol. The number of carbonyl (C=O) groups excluding carboxylic acids is 1. The molecule has 1 rings (SSSR count). The molecule has 1 aromatic carbocycles. The zero-order valence-electron chi connectivity index (χ0n) is 13.4. The van der Waals surface area contributed by atoms with Crippen molar-refractivity contribution in [1.29, 1.82) is 0 Å². The summed E-state index contributed by atoms with van der Waals surface area (Å²) >= 11 is 5.20. The molecule has 0 spiro atoms. The number of nitrogens with zero attached hydrogens (tertiary/aromatic N) is 1. The highest BCUT2D eigenvalue weighted by atomic mass is 32.5. The van der Waals surface area contributed by atoms with Gasteiger partial charge in [0.05, 0.1) is 13.2 Å². The molecule has 0 aliphatic heterocycles. The largest absolute Gasteiger partial charge is 0.390 e. The Morgan fingerprint density at radius 1 is 1.22 bits per heavy atom. The molecule has 0 atom stereocenters. The van der Waals surface area contributed by atoms with E-state index in [-0.39, 0.29) is 0 Å². The van der Waals surface area contributed by atoms with Gasteiger partial charge in [-0.1, -0.05) is 35.5 Å². The van der Waals surface area contributed by atoms with Gasteiger partial charge in [0.25, 0.3) is 6.64 Å². The topological polar surface area (TPSA) is 81.2 Å². The van der Waals surface area contributed by atoms with Gasteiger partial charge in [-0.25, -0.2) is 4.79 Å². The summed E-state index contributed by atoms with van der Waals surface area (Å²) in [5.41, 5.74) is 0.983. The SMILES string of the molecule is CCOP(=S)(NC(=O)N/C(C)=N/OCc1ccccc1)OCC. The number of hydrogen-bond donors (Lipinski definition) is 2. The molecule has 2 N–H and O–H groups in total. The fourth-order valence-electron chi connectivity index (χ4n) is 1.56. The van der Waals surface area contributed by atoms with Crippen LogP contribution in [0.5, 0.6) is 0 Å². The number of amides is 2. The maximum absolute atomic E-state index is 11.9. The van der Waals surface area contributed by atoms with E-state index in [1.54, 1.807) is 20.8 Å². The van der Waals surface area contributed by atoms with Gasteiger partial charge in [0.15, 0.2) is 0 Å². The van der Waals surface area contributed by atoms with Crippen molar-refractivity contribution in [3.63, 3.8) is 0 Å². The van der Waals surface area contributed by atoms with Crippen LogP contribution in [0.3, 0.4) is 0 Å². The lowest BCUT2D eigenvalue weighted by molar-refractivity contribution is 0.129. The fraction of sp³-hybridized carbons (Fsp3) is 0.429. The maximum Gasteiger partial charge on any atom is 0.327 e. The zero-order valence-corrected chi connectivity index (χ0v) is 15.2. The minimum Gasteiger partial charge on any atom is -0.390 e. The maximum atomic E-state index is 11.9. The van der Waals surface area contributed by atoms with E-state index >= 15 is 0 Å². The molecule has 128 valence electrons. The minimum atomic E-state index is -2.83. The van der Waals surface area contributed by atoms with Gasteiger partial charge in [-0.3, -0.25) is 10.4 Å². The van der Waals surface area contributed by atoms with E-state index in [2.05, 4.69) is 15.6 Å². The first kappa shape index (κ1) is 19.6. The van der Waals surface area contributed by atoms with Gasteiger partial charge in [0, 0.05) is 0 Å². The molecule has 0 saturated carbocycles. The number of amidine groups is 1. The first-order valence-corrected chi connectivity index (χ1v) is 9.81. The van der Waals surface area contributed by atoms with Gasteiger partial charge < -0.3 is 13.9 Å². The summed E-state index contributed by atoms with van der Waals surface area (Å²) in [4.78, 5) is 17.1. The molecule has 0 heterocycles. The lowest BCUT2D eigenvalue weighted by atomic mass is 10.2. The molecule has 7 nitrogen and oxygen atoms in total. The van der Waals surface area contributed by atoms with Crippen LogP contribution in [-0.2, 0) is 32.3 Å². The van der Waals surface area contributed by atoms with Crippen molar-refractivity contribution in [2.75, 3.05) is 13.2 Å². The second-order valence-electron chi connectivity index (χ2n) is 4.33. The number of oxime groups is 1. The summed E-state index contributed by atoms with van der Waals surface area (Å²) < 4.78 is 10.6. The van der Waals surface area contributed by atoms with E-state index in [0.29, 0.717) is 25.7 Å². The van der Waals surface area contributed by atoms with Gasteiger partial charge in [0.2, 0.25) is 0 Å². The van der Waals surface area contributed by atoms with Gasteiger partial charge >= 0.3 is 6.03 Å². The molecule has 23 heavy (non-hydrogen) atoms. The van der Waals surface area contributed by atoms with Crippen LogP contribution in [-0.4, -0.2) is 25.1 Å². The number of urea groups is 1. The Labute approximate surface area is 141 Å². The highest BCUT2D eigenvalue weighted by Crippen LogP contribution is 2.43. The van der Waals surface area contributed by atoms with Crippen molar-refractivity contribution < 1.29 is 18.7 Å². The average Bonchev–Trinajstić information content (AvgIpc) is 2.48. The van der Waals surface area contributed by atoms with Crippen LogP contribution in [0, 0.1) is 0 Å². The molecule has 0 saturated heterocycles. The molecule has 0 aromatic heterocycles. The summed E-state index contributed by atoms with van der Waals surface area (Å²) in [6.45, 7) is 3.36. The second-order valence-corrected chi connectivity index (χ2v) is 7.51. The zero-order chi connectivity index (χ0) is 17.1. The lowest BCUT2D eigenvalue weighted by Gasteiger charge is -2.21. The van der Waals surface area contributed by atoms with E-state index in [9.17, 15) is 4.79 Å². The third kappa shape index (κ3) is 8.08. The molecule has 0 fully saturated rings. The van der Waals surface area contributed by atoms with Crippen LogP contribution in [0.15, 0.2) is 35.5 Å². The average molecular weight is 359 g/mol. The molecule has 0 radical (unpaired) electrons. The molecular formula is C14H22N3O4PS. The van der Waals surface area contributed by atoms with Crippen molar-refractivity contribution in [3.8, 4) is 0 Å². The van der Waals surface area contributed by atoms with Crippen molar-refractivity contribution in [3.05, 3.63) is 35.9 Å². The van der Waals surface area contributed by atoms with Crippen molar-refractivity contribution >= 4 is 30.3 Å². The van der Waals surface area contributed by atoms with Crippen molar-refractivity contribution in [2.45, 2.75) is 27.4 Å². The highest BCUT2D eigenvalue weighted by Gasteiger charge is 2.21. The Morgan fingerprint density at radius 3 is 2.39 bits per heavy atom. The van der Waals surface area contributed by atoms with Gasteiger partial charge in [-0.05, 0) is 38.1 Å². The Morgan fingerprint density at radius 2 is 1.83 bits per heavy atom. The van der Waals surface area contributed by atoms with Gasteiger partial charge in [0.1, 0.15) is 12.4 Å². The van der Waals surface area contributed by atoms with Gasteiger partial charge in [-0.15, -0.1) is 0 Å². The molecule has 1 aromatic rings. The third-order valence-corrected chi connectivity index (χ3v) is 4.99. The standard InChI is InChI=1S/C14H22N3O4PS/c1-4-20-22(23,21-5-2)17-14(18)15-12(3)16-19-11-13-9-7-6-8-10-13/h6-10H,4-5,11H2,1-3H3,(H2,15,16,17,18,23). The fourth-order valence-corrected chi connectivity index (χ4v) is 3.63. The number of benzene rings is 1. The summed E-state index contributed by atoms with van der Waals surface area (Å²) in [5, 5.41) is 8.87. The van der Waals surface area contributed by atoms with E-state index in [0.717, 1.165) is 5.56 Å². The summed E-state index contributed by atoms with van der Waals surface area (Å²) in [6.07, 6.45) is 0. The van der Waals surface area contributed by atoms with Crippen LogP contribution < -0.4 is 10.4 Å². The van der Waals surface area contributed by atoms with Crippen LogP contribution in [0.25, 0.3) is 0 Å². The predicted octanol–water partition coefficient (Wildman–Crippen LogP) is 3.13. The molecule has 0 aliphatic carbocycles. The molecule has 0 unspecified atom stereocenters. The number of nitrogens with one attached hydrogen (secondary N) is 2. The molecule has 0 aliphatic rings. The van der Waals surface area contributed by atoms with Crippen LogP contribution >= 0.6 is 6.64 Å². The van der Waals surface area contributed by atoms with Crippen LogP contribution in [0.2, 0.25) is 0 Å². The lowest BCUT2D eigenvalue weighted by Crippen LogP contribution is -2.37. The summed E-state index contributed by atoms with van der Waals surface area (Å²) in [7, 11) is 0. The molecule has 2 amide bonds. The Hall–Kier alpha value is -1.47. The van der Waals surface area contributed by atoms with Crippen molar-refractivity contribution in [2.24, 2.45) is 5.16 Å². The minimum absolute atomic E-state index is 0.299. The second kappa shape index (κ2) is 10.3. The monoisotopic (exact) mass is 359 g/mol. The van der Waals surface area contributed by atoms with Crippen LogP contribution in [0.1, 0.15) is 26.3 Å². The highest BCUT2D eigenvalue weighted by molar-refractivity contribution is 8.09. The van der Waals surface area contributed by atoms with E-state index < -0.39 is 12.7 Å². The number of hydrogen-bond acceptors (Lipinski definition) is 6. The van der Waals surface area contributed by atoms with E-state index in [4.69, 9.17) is 25.7 Å². The summed E-state index contributed by atoms with van der Waals surface area (Å²) in [5.74, 6) is 0.299. The smallest absolute Gasteiger partial charge is 0.327 e.